The molecule has 0 unspecified atom stereocenters. The summed E-state index contributed by atoms with van der Waals surface area (Å²) < 4.78 is 122. The Morgan fingerprint density at radius 1 is 0.433 bits per heavy atom. The van der Waals surface area contributed by atoms with Crippen molar-refractivity contribution in [1.82, 2.24) is 29.7 Å². The smallest absolute Gasteiger partial charge is 0.272 e. The molecular weight excluding hydrogens is 1390 g/mol. The van der Waals surface area contributed by atoms with Crippen molar-refractivity contribution in [1.29, 1.82) is 0 Å². The molecule has 3 aromatic heterocycles. The van der Waals surface area contributed by atoms with Crippen molar-refractivity contribution in [2.75, 3.05) is 164 Å². The van der Waals surface area contributed by atoms with Crippen molar-refractivity contribution in [2.24, 2.45) is 0 Å². The number of nitrogens with two attached hydrogens (primary N) is 1. The number of fused-ring (bicyclic) bond motifs is 9. The molecular formula is C72H75ClF3N9O19. The number of nitro groups is 2. The Balaban J connectivity index is 0.000000138. The molecule has 9 aromatic rings. The van der Waals surface area contributed by atoms with Crippen molar-refractivity contribution < 1.29 is 94.4 Å². The first-order chi connectivity index (χ1) is 50.7. The highest BCUT2D eigenvalue weighted by molar-refractivity contribution is 6.36. The fraction of sp³-hybridized carbons (Fsp3) is 0.375. The Hall–Kier alpha value is -10.4. The van der Waals surface area contributed by atoms with Crippen LogP contribution in [0.5, 0.6) is 80.5 Å². The molecule has 3 fully saturated rings. The second-order valence-electron chi connectivity index (χ2n) is 23.9. The molecule has 6 aliphatic rings. The van der Waals surface area contributed by atoms with Gasteiger partial charge in [0.2, 0.25) is 17.2 Å². The second-order valence-corrected chi connectivity index (χ2v) is 24.3. The molecule has 28 nitrogen and oxygen atoms in total. The summed E-state index contributed by atoms with van der Waals surface area (Å²) in [6.45, 7) is 17.4. The summed E-state index contributed by atoms with van der Waals surface area (Å²) in [5.41, 5.74) is 7.12. The third-order valence-electron chi connectivity index (χ3n) is 16.9. The Morgan fingerprint density at radius 3 is 1.18 bits per heavy atom. The van der Waals surface area contributed by atoms with Gasteiger partial charge in [-0.25, -0.2) is 13.2 Å². The van der Waals surface area contributed by atoms with E-state index in [0.717, 1.165) is 147 Å². The highest BCUT2D eigenvalue weighted by Gasteiger charge is 2.29. The standard InChI is InChI=1S/C24H24FN3O7.C24H26FN3O5.C18H21ClN2O4.C6H4FNO3/c25-17-14-16(28(29)30)2-3-19(17)35-20-4-5-26-18-15-21(23-24(22(18)20)34-13-12-33-23)32-9-1-6-27-7-10-31-11-8-27;25-17-14-16(26)2-3-19(17)33-20-4-5-27-18-15-21(23-24(22(18)20)32-13-12-31-23)30-9-1-6-28-7-10-29-11-8-28;19-13-2-3-20-14-12-15(17-18(16(13)14)25-11-10-24-17)23-7-1-4-21-5-8-22-9-6-21;7-5-3-4(8(10)11)1-2-6(5)9/h2-5,14-15H,1,6-13H2;2-5,14-15H,1,6-13,26H2;2-3,12H,1,4-11H2;1-3,9H. The molecule has 0 radical (unpaired) electrons. The first kappa shape index (κ1) is 73.3. The van der Waals surface area contributed by atoms with E-state index in [1.807, 2.05) is 12.1 Å². The second kappa shape index (κ2) is 35.7. The molecule has 6 aliphatic heterocycles. The average Bonchev–Trinajstić information content (AvgIpc) is 0.780. The van der Waals surface area contributed by atoms with Crippen LogP contribution in [0, 0.1) is 37.7 Å². The summed E-state index contributed by atoms with van der Waals surface area (Å²) in [5.74, 6) is 2.47. The number of benzene rings is 6. The first-order valence-corrected chi connectivity index (χ1v) is 34.2. The van der Waals surface area contributed by atoms with E-state index in [2.05, 4.69) is 29.7 Å². The number of ether oxygens (including phenoxy) is 14. The predicted octanol–water partition coefficient (Wildman–Crippen LogP) is 11.8. The van der Waals surface area contributed by atoms with Gasteiger partial charge in [0.05, 0.1) is 119 Å². The van der Waals surface area contributed by atoms with Crippen molar-refractivity contribution in [3.63, 3.8) is 0 Å². The molecule has 3 saturated heterocycles. The zero-order chi connectivity index (χ0) is 72.3. The number of phenolic OH excluding ortho intramolecular Hbond substituents is 1. The normalized spacial score (nSPS) is 15.6. The number of aromatic nitrogens is 3. The lowest BCUT2D eigenvalue weighted by Crippen LogP contribution is -2.37. The molecule has 0 amide bonds. The van der Waals surface area contributed by atoms with E-state index < -0.39 is 33.0 Å². The van der Waals surface area contributed by atoms with Crippen LogP contribution >= 0.6 is 11.6 Å². The fourth-order valence-electron chi connectivity index (χ4n) is 11.8. The van der Waals surface area contributed by atoms with Gasteiger partial charge in [-0.1, -0.05) is 11.6 Å². The summed E-state index contributed by atoms with van der Waals surface area (Å²) >= 11 is 6.33. The zero-order valence-corrected chi connectivity index (χ0v) is 57.2. The van der Waals surface area contributed by atoms with Gasteiger partial charge >= 0.3 is 0 Å². The summed E-state index contributed by atoms with van der Waals surface area (Å²) in [7, 11) is 0. The van der Waals surface area contributed by atoms with Crippen LogP contribution in [-0.2, 0) is 14.2 Å². The van der Waals surface area contributed by atoms with E-state index in [4.69, 9.17) is 88.8 Å². The summed E-state index contributed by atoms with van der Waals surface area (Å²) in [5, 5.41) is 32.0. The van der Waals surface area contributed by atoms with Gasteiger partial charge in [-0.2, -0.15) is 0 Å². The van der Waals surface area contributed by atoms with Gasteiger partial charge in [-0.15, -0.1) is 0 Å². The van der Waals surface area contributed by atoms with Crippen molar-refractivity contribution in [3.05, 3.63) is 152 Å². The van der Waals surface area contributed by atoms with Gasteiger partial charge in [-0.05, 0) is 61.7 Å². The number of nitro benzene ring substituents is 2. The first-order valence-electron chi connectivity index (χ1n) is 33.8. The fourth-order valence-corrected chi connectivity index (χ4v) is 12.1. The zero-order valence-electron chi connectivity index (χ0n) is 56.4. The van der Waals surface area contributed by atoms with Crippen LogP contribution in [0.25, 0.3) is 32.7 Å². The van der Waals surface area contributed by atoms with Crippen molar-refractivity contribution in [2.45, 2.75) is 19.3 Å². The SMILES string of the molecule is Clc1ccnc2cc(OCCCN3CCOCC3)c3c(c12)OCCO3.Nc1ccc(Oc2ccnc3cc(OCCCN4CCOCC4)c4c(c23)OCCO4)c(F)c1.O=[N+]([O-])c1ccc(O)c(F)c1.O=[N+]([O-])c1ccc(Oc2ccnc3cc(OCCCN4CCOCC4)c4c(c23)OCCO4)c(F)c1. The molecule has 550 valence electrons. The van der Waals surface area contributed by atoms with E-state index in [-0.39, 0.29) is 28.6 Å². The monoisotopic (exact) mass is 1460 g/mol. The third kappa shape index (κ3) is 18.7. The van der Waals surface area contributed by atoms with Crippen LogP contribution < -0.4 is 57.8 Å². The van der Waals surface area contributed by atoms with E-state index in [9.17, 15) is 33.4 Å². The number of phenols is 1. The van der Waals surface area contributed by atoms with Crippen LogP contribution in [0.4, 0.5) is 30.2 Å². The van der Waals surface area contributed by atoms with E-state index in [1.165, 1.54) is 30.5 Å². The van der Waals surface area contributed by atoms with Crippen LogP contribution in [0.15, 0.2) is 110 Å². The summed E-state index contributed by atoms with van der Waals surface area (Å²) in [6.07, 6.45) is 7.47. The Morgan fingerprint density at radius 2 is 0.788 bits per heavy atom. The minimum Gasteiger partial charge on any atom is -0.505 e. The minimum absolute atomic E-state index is 0.0608. The maximum Gasteiger partial charge on any atom is 0.272 e. The largest absolute Gasteiger partial charge is 0.505 e. The molecule has 15 rings (SSSR count). The molecule has 0 aliphatic carbocycles. The van der Waals surface area contributed by atoms with Crippen LogP contribution in [0.3, 0.4) is 0 Å². The van der Waals surface area contributed by atoms with Gasteiger partial charge < -0.3 is 77.2 Å². The topological polar surface area (TPSA) is 310 Å². The number of hydrogen-bond acceptors (Lipinski definition) is 26. The molecule has 9 heterocycles. The van der Waals surface area contributed by atoms with E-state index in [0.29, 0.717) is 156 Å². The van der Waals surface area contributed by atoms with Gasteiger partial charge in [0.15, 0.2) is 69.2 Å². The third-order valence-corrected chi connectivity index (χ3v) is 17.2. The van der Waals surface area contributed by atoms with Crippen molar-refractivity contribution >= 4 is 61.4 Å². The van der Waals surface area contributed by atoms with E-state index in [1.54, 1.807) is 42.7 Å². The number of pyridine rings is 3. The number of hydrogen-bond donors (Lipinski definition) is 2. The molecule has 0 atom stereocenters. The molecule has 104 heavy (non-hydrogen) atoms. The Kier molecular flexibility index (Phi) is 25.1. The summed E-state index contributed by atoms with van der Waals surface area (Å²) in [4.78, 5) is 39.9. The Labute approximate surface area is 598 Å². The number of nitrogen functional groups attached to an aromatic ring is 1. The maximum atomic E-state index is 14.5. The van der Waals surface area contributed by atoms with Crippen LogP contribution in [0.2, 0.25) is 5.02 Å². The minimum atomic E-state index is -0.987. The number of anilines is 1. The highest BCUT2D eigenvalue weighted by atomic mass is 35.5. The van der Waals surface area contributed by atoms with Crippen LogP contribution in [0.1, 0.15) is 19.3 Å². The predicted molar refractivity (Wildman–Crippen MR) is 374 cm³/mol. The van der Waals surface area contributed by atoms with Crippen molar-refractivity contribution in [3.8, 4) is 80.5 Å². The van der Waals surface area contributed by atoms with Crippen LogP contribution in [-0.4, -0.2) is 203 Å². The number of non-ortho nitro benzene ring substituents is 2. The lowest BCUT2D eigenvalue weighted by molar-refractivity contribution is -0.385. The van der Waals surface area contributed by atoms with Gasteiger partial charge in [0.25, 0.3) is 11.4 Å². The number of rotatable bonds is 21. The number of morpholine rings is 3. The number of halogens is 4. The molecule has 32 heteroatoms. The lowest BCUT2D eigenvalue weighted by atomic mass is 10.1. The number of aromatic hydroxyl groups is 1. The molecule has 0 bridgehead atoms. The highest BCUT2D eigenvalue weighted by Crippen LogP contribution is 2.51. The lowest BCUT2D eigenvalue weighted by Gasteiger charge is -2.26. The number of nitrogens with zero attached hydrogens (tertiary/aromatic N) is 8. The van der Waals surface area contributed by atoms with E-state index >= 15 is 0 Å². The maximum absolute atomic E-state index is 14.5. The molecule has 0 saturated carbocycles. The Bertz CT molecular complexity index is 4480. The van der Waals surface area contributed by atoms with Gasteiger partial charge in [0, 0.05) is 120 Å². The van der Waals surface area contributed by atoms with Gasteiger partial charge in [-0.3, -0.25) is 49.9 Å². The molecule has 3 N–H and O–H groups in total. The molecule has 6 aromatic carbocycles. The summed E-state index contributed by atoms with van der Waals surface area (Å²) in [6, 6.07) is 20.6. The average molecular weight is 1460 g/mol. The quantitative estimate of drug-likeness (QED) is 0.0292. The van der Waals surface area contributed by atoms with Gasteiger partial charge in [0.1, 0.15) is 51.1 Å². The molecule has 0 spiro atoms.